The zero-order valence-corrected chi connectivity index (χ0v) is 29.6. The van der Waals surface area contributed by atoms with Gasteiger partial charge in [-0.1, -0.05) is 122 Å². The molecule has 0 spiro atoms. The normalized spacial score (nSPS) is 14.8. The zero-order valence-electron chi connectivity index (χ0n) is 28.8. The van der Waals surface area contributed by atoms with Crippen LogP contribution in [0, 0.1) is 5.92 Å². The van der Waals surface area contributed by atoms with Gasteiger partial charge in [0, 0.05) is 48.0 Å². The van der Waals surface area contributed by atoms with Crippen LogP contribution in [0.1, 0.15) is 13.3 Å². The van der Waals surface area contributed by atoms with E-state index in [0.29, 0.717) is 5.92 Å². The monoisotopic (exact) mass is 682 g/mol. The molecule has 1 unspecified atom stereocenters. The Labute approximate surface area is 305 Å². The molecule has 2 nitrogen and oxygen atoms in total. The molecule has 0 N–H and O–H groups in total. The van der Waals surface area contributed by atoms with Crippen molar-refractivity contribution in [2.24, 2.45) is 5.92 Å². The number of rotatable bonds is 4. The first-order valence-electron chi connectivity index (χ1n) is 18.2. The Morgan fingerprint density at radius 1 is 0.538 bits per heavy atom. The summed E-state index contributed by atoms with van der Waals surface area (Å²) in [7, 11) is 0. The van der Waals surface area contributed by atoms with Crippen LogP contribution >= 0.6 is 11.3 Å². The summed E-state index contributed by atoms with van der Waals surface area (Å²) in [6.07, 6.45) is 8.09. The summed E-state index contributed by atoms with van der Waals surface area (Å²) in [4.78, 5) is 2.50. The third kappa shape index (κ3) is 4.43. The van der Waals surface area contributed by atoms with Gasteiger partial charge in [-0.15, -0.1) is 11.3 Å². The number of fused-ring (bicyclic) bond motifs is 11. The second kappa shape index (κ2) is 11.4. The number of benzene rings is 8. The van der Waals surface area contributed by atoms with Gasteiger partial charge in [0.15, 0.2) is 0 Å². The molecule has 1 aliphatic carbocycles. The van der Waals surface area contributed by atoms with Gasteiger partial charge in [0.05, 0.1) is 16.7 Å². The average molecular weight is 683 g/mol. The van der Waals surface area contributed by atoms with E-state index >= 15 is 0 Å². The van der Waals surface area contributed by atoms with E-state index in [9.17, 15) is 0 Å². The van der Waals surface area contributed by atoms with Crippen molar-refractivity contribution in [3.8, 4) is 0 Å². The fraction of sp³-hybridized carbons (Fsp3) is 0.0612. The molecule has 2 heterocycles. The van der Waals surface area contributed by atoms with E-state index in [1.54, 1.807) is 0 Å². The molecule has 0 saturated carbocycles. The van der Waals surface area contributed by atoms with Crippen molar-refractivity contribution in [3.63, 3.8) is 0 Å². The molecule has 1 aliphatic rings. The van der Waals surface area contributed by atoms with Crippen LogP contribution in [-0.4, -0.2) is 4.57 Å². The fourth-order valence-corrected chi connectivity index (χ4v) is 9.70. The maximum Gasteiger partial charge on any atom is 0.0561 e. The highest BCUT2D eigenvalue weighted by Crippen LogP contribution is 2.47. The van der Waals surface area contributed by atoms with Gasteiger partial charge in [-0.25, -0.2) is 0 Å². The molecule has 246 valence electrons. The topological polar surface area (TPSA) is 8.17 Å². The van der Waals surface area contributed by atoms with Crippen LogP contribution in [0.3, 0.4) is 0 Å². The molecule has 3 heteroatoms. The summed E-state index contributed by atoms with van der Waals surface area (Å²) in [5, 5.41) is 12.7. The molecule has 0 bridgehead atoms. The lowest BCUT2D eigenvalue weighted by molar-refractivity contribution is 0.735. The Balaban J connectivity index is 1.22. The predicted molar refractivity (Wildman–Crippen MR) is 227 cm³/mol. The summed E-state index contributed by atoms with van der Waals surface area (Å²) >= 11 is 1.87. The second-order valence-corrected chi connectivity index (χ2v) is 15.3. The van der Waals surface area contributed by atoms with Crippen molar-refractivity contribution in [1.82, 2.24) is 4.57 Å². The average Bonchev–Trinajstić information content (AvgIpc) is 3.74. The van der Waals surface area contributed by atoms with Gasteiger partial charge >= 0.3 is 0 Å². The molecule has 0 radical (unpaired) electrons. The Hall–Kier alpha value is -6.16. The van der Waals surface area contributed by atoms with Crippen LogP contribution in [0.2, 0.25) is 0 Å². The van der Waals surface area contributed by atoms with Crippen LogP contribution in [-0.2, 0) is 0 Å². The second-order valence-electron chi connectivity index (χ2n) is 14.2. The van der Waals surface area contributed by atoms with Gasteiger partial charge in [-0.3, -0.25) is 0 Å². The summed E-state index contributed by atoms with van der Waals surface area (Å²) in [5.74, 6) is 0.547. The van der Waals surface area contributed by atoms with Gasteiger partial charge in [-0.05, 0) is 99.3 Å². The SMILES string of the molecule is CC1C=CC(n2c3ccccc3c3ccc(N(c4ccc5ccc6c7ccccc7ccc6c5c4)c4cccc5sc6ccccc6c45)cc32)=CC1. The quantitative estimate of drug-likeness (QED) is 0.168. The van der Waals surface area contributed by atoms with Gasteiger partial charge in [-0.2, -0.15) is 0 Å². The molecule has 0 saturated heterocycles. The maximum atomic E-state index is 2.50. The molecule has 11 rings (SSSR count). The Morgan fingerprint density at radius 2 is 1.19 bits per heavy atom. The Kier molecular flexibility index (Phi) is 6.50. The zero-order chi connectivity index (χ0) is 34.3. The predicted octanol–water partition coefficient (Wildman–Crippen LogP) is 14.5. The van der Waals surface area contributed by atoms with Gasteiger partial charge in [0.2, 0.25) is 0 Å². The number of nitrogens with zero attached hydrogens (tertiary/aromatic N) is 2. The minimum absolute atomic E-state index is 0.547. The van der Waals surface area contributed by atoms with E-state index in [0.717, 1.165) is 17.8 Å². The van der Waals surface area contributed by atoms with Gasteiger partial charge in [0.1, 0.15) is 0 Å². The highest BCUT2D eigenvalue weighted by atomic mass is 32.1. The van der Waals surface area contributed by atoms with Crippen LogP contribution in [0.5, 0.6) is 0 Å². The molecular formula is C49H34N2S. The number of thiophene rings is 1. The lowest BCUT2D eigenvalue weighted by Gasteiger charge is -2.27. The number of aromatic nitrogens is 1. The number of anilines is 3. The molecule has 52 heavy (non-hydrogen) atoms. The first-order chi connectivity index (χ1) is 25.7. The Morgan fingerprint density at radius 3 is 2.06 bits per heavy atom. The third-order valence-electron chi connectivity index (χ3n) is 11.1. The first kappa shape index (κ1) is 29.6. The lowest BCUT2D eigenvalue weighted by atomic mass is 9.96. The van der Waals surface area contributed by atoms with Crippen LogP contribution in [0.4, 0.5) is 17.1 Å². The summed E-state index contributed by atoms with van der Waals surface area (Å²) in [6, 6.07) is 56.4. The number of hydrogen-bond donors (Lipinski definition) is 0. The number of para-hydroxylation sites is 1. The summed E-state index contributed by atoms with van der Waals surface area (Å²) in [5.41, 5.74) is 7.16. The number of allylic oxidation sites excluding steroid dienone is 4. The Bertz CT molecular complexity index is 3140. The van der Waals surface area contributed by atoms with Crippen LogP contribution in [0.25, 0.3) is 80.0 Å². The van der Waals surface area contributed by atoms with Crippen molar-refractivity contribution in [1.29, 1.82) is 0 Å². The van der Waals surface area contributed by atoms with E-state index in [2.05, 4.69) is 186 Å². The minimum Gasteiger partial charge on any atom is -0.310 e. The third-order valence-corrected chi connectivity index (χ3v) is 12.2. The fourth-order valence-electron chi connectivity index (χ4n) is 8.57. The number of hydrogen-bond acceptors (Lipinski definition) is 2. The molecule has 1 atom stereocenters. The van der Waals surface area contributed by atoms with Crippen molar-refractivity contribution in [3.05, 3.63) is 170 Å². The largest absolute Gasteiger partial charge is 0.310 e. The standard InChI is InChI=1S/C49H34N2S/c1-31-17-22-34(23-18-31)51-44-13-6-4-11-40(44)41-28-25-36(30-46(41)51)50(45-14-8-16-48-49(45)42-12-5-7-15-47(42)52-48)35-24-19-33-21-26-38-37-10-3-2-9-32(37)20-27-39(38)43(33)29-35/h2-17,19-31H,18H2,1H3. The van der Waals surface area contributed by atoms with Crippen molar-refractivity contribution >= 4 is 108 Å². The van der Waals surface area contributed by atoms with Crippen LogP contribution in [0.15, 0.2) is 170 Å². The van der Waals surface area contributed by atoms with E-state index in [4.69, 9.17) is 0 Å². The molecule has 0 amide bonds. The first-order valence-corrected chi connectivity index (χ1v) is 19.0. The highest BCUT2D eigenvalue weighted by Gasteiger charge is 2.22. The van der Waals surface area contributed by atoms with E-state index in [1.807, 2.05) is 11.3 Å². The lowest BCUT2D eigenvalue weighted by Crippen LogP contribution is -2.10. The van der Waals surface area contributed by atoms with Gasteiger partial charge in [0.25, 0.3) is 0 Å². The van der Waals surface area contributed by atoms with Crippen molar-refractivity contribution in [2.45, 2.75) is 13.3 Å². The van der Waals surface area contributed by atoms with Gasteiger partial charge < -0.3 is 9.47 Å². The molecule has 0 fully saturated rings. The van der Waals surface area contributed by atoms with Crippen molar-refractivity contribution in [2.75, 3.05) is 4.90 Å². The molecule has 2 aromatic heterocycles. The molecular weight excluding hydrogens is 649 g/mol. The summed E-state index contributed by atoms with van der Waals surface area (Å²) in [6.45, 7) is 2.29. The molecule has 10 aromatic rings. The van der Waals surface area contributed by atoms with E-state index < -0.39 is 0 Å². The molecule has 0 aliphatic heterocycles. The maximum absolute atomic E-state index is 2.50. The summed E-state index contributed by atoms with van der Waals surface area (Å²) < 4.78 is 5.07. The highest BCUT2D eigenvalue weighted by molar-refractivity contribution is 7.26. The smallest absolute Gasteiger partial charge is 0.0561 e. The van der Waals surface area contributed by atoms with E-state index in [1.165, 1.54) is 85.7 Å². The van der Waals surface area contributed by atoms with Crippen molar-refractivity contribution < 1.29 is 0 Å². The van der Waals surface area contributed by atoms with Crippen LogP contribution < -0.4 is 4.90 Å². The van der Waals surface area contributed by atoms with E-state index in [-0.39, 0.29) is 0 Å². The molecule has 8 aromatic carbocycles. The minimum atomic E-state index is 0.547.